The van der Waals surface area contributed by atoms with Crippen molar-refractivity contribution in [3.63, 3.8) is 0 Å². The number of carbonyl (C=O) groups is 2. The minimum atomic E-state index is -0.953. The molecule has 1 heterocycles. The molecular formula is C14H18N2O4. The lowest BCUT2D eigenvalue weighted by Gasteiger charge is -2.44. The monoisotopic (exact) mass is 278 g/mol. The molecule has 0 unspecified atom stereocenters. The van der Waals surface area contributed by atoms with E-state index in [1.807, 2.05) is 0 Å². The fraction of sp³-hybridized carbons (Fsp3) is 0.429. The van der Waals surface area contributed by atoms with E-state index in [9.17, 15) is 19.8 Å². The van der Waals surface area contributed by atoms with Crippen molar-refractivity contribution in [1.82, 2.24) is 9.80 Å². The van der Waals surface area contributed by atoms with Crippen LogP contribution in [-0.2, 0) is 4.79 Å². The minimum absolute atomic E-state index is 0.138. The zero-order valence-electron chi connectivity index (χ0n) is 11.8. The zero-order valence-corrected chi connectivity index (χ0v) is 11.8. The quantitative estimate of drug-likeness (QED) is 0.796. The van der Waals surface area contributed by atoms with Gasteiger partial charge in [0.15, 0.2) is 0 Å². The van der Waals surface area contributed by atoms with Gasteiger partial charge in [0.2, 0.25) is 5.91 Å². The number of nitrogens with zero attached hydrogens (tertiary/aromatic N) is 2. The summed E-state index contributed by atoms with van der Waals surface area (Å²) in [4.78, 5) is 27.7. The smallest absolute Gasteiger partial charge is 0.255 e. The predicted molar refractivity (Wildman–Crippen MR) is 72.5 cm³/mol. The number of phenols is 2. The Kier molecular flexibility index (Phi) is 3.33. The molecule has 1 fully saturated rings. The number of benzene rings is 1. The van der Waals surface area contributed by atoms with Crippen molar-refractivity contribution < 1.29 is 19.8 Å². The standard InChI is InChI=1S/C14H18N2O4/c1-14(2)13(20)15(3)4-5-16(14)12(19)9-6-10(17)8-11(18)7-9/h6-8,17-18H,4-5H2,1-3H3. The number of hydrogen-bond donors (Lipinski definition) is 2. The molecule has 1 aliphatic heterocycles. The summed E-state index contributed by atoms with van der Waals surface area (Å²) in [5, 5.41) is 18.9. The second-order valence-corrected chi connectivity index (χ2v) is 5.48. The first kappa shape index (κ1) is 14.2. The van der Waals surface area contributed by atoms with E-state index in [0.29, 0.717) is 13.1 Å². The molecule has 20 heavy (non-hydrogen) atoms. The van der Waals surface area contributed by atoms with E-state index in [0.717, 1.165) is 6.07 Å². The predicted octanol–water partition coefficient (Wildman–Crippen LogP) is 0.791. The molecule has 0 atom stereocenters. The molecule has 1 saturated heterocycles. The van der Waals surface area contributed by atoms with E-state index in [1.165, 1.54) is 17.0 Å². The Labute approximate surface area is 117 Å². The summed E-state index contributed by atoms with van der Waals surface area (Å²) in [6.07, 6.45) is 0. The highest BCUT2D eigenvalue weighted by molar-refractivity contribution is 6.00. The van der Waals surface area contributed by atoms with Crippen molar-refractivity contribution in [2.24, 2.45) is 0 Å². The third-order valence-electron chi connectivity index (χ3n) is 3.60. The van der Waals surface area contributed by atoms with Crippen LogP contribution in [0.5, 0.6) is 11.5 Å². The molecule has 2 rings (SSSR count). The lowest BCUT2D eigenvalue weighted by molar-refractivity contribution is -0.144. The fourth-order valence-corrected chi connectivity index (χ4v) is 2.44. The Bertz CT molecular complexity index is 548. The Morgan fingerprint density at radius 2 is 1.70 bits per heavy atom. The van der Waals surface area contributed by atoms with Gasteiger partial charge < -0.3 is 20.0 Å². The first-order valence-corrected chi connectivity index (χ1v) is 6.34. The second-order valence-electron chi connectivity index (χ2n) is 5.48. The van der Waals surface area contributed by atoms with Gasteiger partial charge in [0.25, 0.3) is 5.91 Å². The first-order valence-electron chi connectivity index (χ1n) is 6.34. The maximum atomic E-state index is 12.5. The SMILES string of the molecule is CN1CCN(C(=O)c2cc(O)cc(O)c2)C(C)(C)C1=O. The van der Waals surface area contributed by atoms with Gasteiger partial charge in [-0.2, -0.15) is 0 Å². The maximum Gasteiger partial charge on any atom is 0.255 e. The second kappa shape index (κ2) is 4.70. The Hall–Kier alpha value is -2.24. The lowest BCUT2D eigenvalue weighted by Crippen LogP contribution is -2.63. The molecule has 0 aliphatic carbocycles. The third kappa shape index (κ3) is 2.29. The number of hydrogen-bond acceptors (Lipinski definition) is 4. The van der Waals surface area contributed by atoms with Crippen LogP contribution in [-0.4, -0.2) is 57.5 Å². The van der Waals surface area contributed by atoms with Crippen molar-refractivity contribution in [3.8, 4) is 11.5 Å². The van der Waals surface area contributed by atoms with Crippen molar-refractivity contribution in [3.05, 3.63) is 23.8 Å². The Morgan fingerprint density at radius 3 is 2.25 bits per heavy atom. The molecule has 2 amide bonds. The summed E-state index contributed by atoms with van der Waals surface area (Å²) in [5.41, 5.74) is -0.793. The molecule has 2 N–H and O–H groups in total. The number of phenolic OH excluding ortho intramolecular Hbond substituents is 2. The number of amides is 2. The van der Waals surface area contributed by atoms with Gasteiger partial charge in [-0.15, -0.1) is 0 Å². The van der Waals surface area contributed by atoms with E-state index >= 15 is 0 Å². The summed E-state index contributed by atoms with van der Waals surface area (Å²) < 4.78 is 0. The summed E-state index contributed by atoms with van der Waals surface area (Å²) >= 11 is 0. The highest BCUT2D eigenvalue weighted by atomic mass is 16.3. The Morgan fingerprint density at radius 1 is 1.15 bits per heavy atom. The summed E-state index contributed by atoms with van der Waals surface area (Å²) in [7, 11) is 1.70. The van der Waals surface area contributed by atoms with Crippen LogP contribution in [0, 0.1) is 0 Å². The molecule has 0 aromatic heterocycles. The van der Waals surface area contributed by atoms with Gasteiger partial charge in [0, 0.05) is 31.8 Å². The normalized spacial score (nSPS) is 18.2. The summed E-state index contributed by atoms with van der Waals surface area (Å²) in [5.74, 6) is -0.901. The lowest BCUT2D eigenvalue weighted by atomic mass is 9.96. The van der Waals surface area contributed by atoms with Crippen LogP contribution < -0.4 is 0 Å². The molecule has 0 radical (unpaired) electrons. The van der Waals surface area contributed by atoms with Crippen molar-refractivity contribution in [2.75, 3.05) is 20.1 Å². The highest BCUT2D eigenvalue weighted by Gasteiger charge is 2.43. The van der Waals surface area contributed by atoms with Crippen LogP contribution in [0.2, 0.25) is 0 Å². The Balaban J connectivity index is 2.35. The number of likely N-dealkylation sites (N-methyl/N-ethyl adjacent to an activating group) is 1. The number of carbonyl (C=O) groups excluding carboxylic acids is 2. The van der Waals surface area contributed by atoms with Crippen molar-refractivity contribution in [2.45, 2.75) is 19.4 Å². The van der Waals surface area contributed by atoms with Gasteiger partial charge in [-0.1, -0.05) is 0 Å². The zero-order chi connectivity index (χ0) is 15.1. The van der Waals surface area contributed by atoms with E-state index in [1.54, 1.807) is 25.8 Å². The molecule has 1 aromatic rings. The topological polar surface area (TPSA) is 81.1 Å². The molecule has 6 nitrogen and oxygen atoms in total. The van der Waals surface area contributed by atoms with Crippen LogP contribution in [0.3, 0.4) is 0 Å². The minimum Gasteiger partial charge on any atom is -0.508 e. The fourth-order valence-electron chi connectivity index (χ4n) is 2.44. The van der Waals surface area contributed by atoms with Crippen LogP contribution >= 0.6 is 0 Å². The van der Waals surface area contributed by atoms with Gasteiger partial charge >= 0.3 is 0 Å². The molecule has 1 aliphatic rings. The average molecular weight is 278 g/mol. The van der Waals surface area contributed by atoms with Gasteiger partial charge in [-0.3, -0.25) is 9.59 Å². The molecular weight excluding hydrogens is 260 g/mol. The van der Waals surface area contributed by atoms with E-state index in [4.69, 9.17) is 0 Å². The van der Waals surface area contributed by atoms with Crippen molar-refractivity contribution in [1.29, 1.82) is 0 Å². The van der Waals surface area contributed by atoms with E-state index < -0.39 is 5.54 Å². The van der Waals surface area contributed by atoms with Crippen LogP contribution in [0.25, 0.3) is 0 Å². The average Bonchev–Trinajstić information content (AvgIpc) is 2.34. The van der Waals surface area contributed by atoms with Gasteiger partial charge in [-0.05, 0) is 26.0 Å². The van der Waals surface area contributed by atoms with Gasteiger partial charge in [0.05, 0.1) is 0 Å². The molecule has 6 heteroatoms. The summed E-state index contributed by atoms with van der Waals surface area (Å²) in [6, 6.07) is 3.71. The maximum absolute atomic E-state index is 12.5. The van der Waals surface area contributed by atoms with Crippen molar-refractivity contribution >= 4 is 11.8 Å². The van der Waals surface area contributed by atoms with Gasteiger partial charge in [-0.25, -0.2) is 0 Å². The third-order valence-corrected chi connectivity index (χ3v) is 3.60. The number of rotatable bonds is 1. The number of piperazine rings is 1. The van der Waals surface area contributed by atoms with E-state index in [-0.39, 0.29) is 28.9 Å². The van der Waals surface area contributed by atoms with Crippen LogP contribution in [0.1, 0.15) is 24.2 Å². The van der Waals surface area contributed by atoms with Crippen LogP contribution in [0.15, 0.2) is 18.2 Å². The highest BCUT2D eigenvalue weighted by Crippen LogP contribution is 2.27. The molecule has 108 valence electrons. The first-order chi connectivity index (χ1) is 9.23. The number of aromatic hydroxyl groups is 2. The largest absolute Gasteiger partial charge is 0.508 e. The van der Waals surface area contributed by atoms with Crippen LogP contribution in [0.4, 0.5) is 0 Å². The van der Waals surface area contributed by atoms with E-state index in [2.05, 4.69) is 0 Å². The van der Waals surface area contributed by atoms with Gasteiger partial charge in [0.1, 0.15) is 17.0 Å². The molecule has 1 aromatic carbocycles. The molecule has 0 spiro atoms. The molecule has 0 bridgehead atoms. The molecule has 0 saturated carbocycles. The summed E-state index contributed by atoms with van der Waals surface area (Å²) in [6.45, 7) is 4.24.